The number of hydrogen-bond acceptors (Lipinski definition) is 5. The number of nitriles is 1. The number of halogens is 1. The van der Waals surface area contributed by atoms with E-state index in [1.165, 1.54) is 37.5 Å². The minimum Gasteiger partial charge on any atom is -0.493 e. The molecule has 2 aromatic carbocycles. The second-order valence-electron chi connectivity index (χ2n) is 5.78. The molecule has 0 aliphatic heterocycles. The molecule has 140 valence electrons. The van der Waals surface area contributed by atoms with E-state index in [9.17, 15) is 14.4 Å². The molecular formula is C22H16FNO3S. The van der Waals surface area contributed by atoms with Gasteiger partial charge in [0.2, 0.25) is 5.78 Å². The van der Waals surface area contributed by atoms with Gasteiger partial charge in [-0.25, -0.2) is 4.39 Å². The van der Waals surface area contributed by atoms with Crippen LogP contribution in [0.1, 0.15) is 20.8 Å². The second kappa shape index (κ2) is 8.98. The molecule has 0 aliphatic rings. The maximum absolute atomic E-state index is 13.0. The minimum atomic E-state index is -0.473. The normalized spacial score (nSPS) is 11.0. The average molecular weight is 393 g/mol. The predicted molar refractivity (Wildman–Crippen MR) is 106 cm³/mol. The second-order valence-corrected chi connectivity index (χ2v) is 6.82. The number of carbonyl (C=O) groups excluding carboxylic acids is 1. The molecule has 28 heavy (non-hydrogen) atoms. The highest BCUT2D eigenvalue weighted by Gasteiger charge is 2.13. The largest absolute Gasteiger partial charge is 0.493 e. The van der Waals surface area contributed by atoms with Gasteiger partial charge in [0.25, 0.3) is 0 Å². The smallest absolute Gasteiger partial charge is 0.203 e. The summed E-state index contributed by atoms with van der Waals surface area (Å²) in [4.78, 5) is 13.6. The predicted octanol–water partition coefficient (Wildman–Crippen LogP) is 5.26. The lowest BCUT2D eigenvalue weighted by Gasteiger charge is -2.11. The molecule has 4 nitrogen and oxygen atoms in total. The molecule has 3 aromatic rings. The van der Waals surface area contributed by atoms with Crippen LogP contribution in [0.2, 0.25) is 0 Å². The molecule has 1 heterocycles. The summed E-state index contributed by atoms with van der Waals surface area (Å²) < 4.78 is 24.2. The van der Waals surface area contributed by atoms with Crippen molar-refractivity contribution in [1.82, 2.24) is 0 Å². The van der Waals surface area contributed by atoms with Crippen molar-refractivity contribution in [1.29, 1.82) is 5.26 Å². The lowest BCUT2D eigenvalue weighted by Crippen LogP contribution is -2.02. The third-order valence-electron chi connectivity index (χ3n) is 3.92. The summed E-state index contributed by atoms with van der Waals surface area (Å²) in [6.07, 6.45) is 1.47. The van der Waals surface area contributed by atoms with Gasteiger partial charge in [-0.1, -0.05) is 12.1 Å². The minimum absolute atomic E-state index is 0.0547. The van der Waals surface area contributed by atoms with Gasteiger partial charge in [0.1, 0.15) is 24.1 Å². The Morgan fingerprint density at radius 1 is 1.18 bits per heavy atom. The van der Waals surface area contributed by atoms with E-state index in [0.717, 1.165) is 4.88 Å². The highest BCUT2D eigenvalue weighted by atomic mass is 32.1. The van der Waals surface area contributed by atoms with Gasteiger partial charge in [0, 0.05) is 10.4 Å². The molecule has 1 aromatic heterocycles. The third kappa shape index (κ3) is 4.64. The molecule has 0 saturated heterocycles. The summed E-state index contributed by atoms with van der Waals surface area (Å²) in [6.45, 7) is 0.426. The van der Waals surface area contributed by atoms with E-state index in [1.54, 1.807) is 29.5 Å². The van der Waals surface area contributed by atoms with Crippen molar-refractivity contribution >= 4 is 23.2 Å². The average Bonchev–Trinajstić information content (AvgIpc) is 3.24. The zero-order chi connectivity index (χ0) is 19.9. The number of Topliss-reactive ketones (excluding diaryl/α,β-unsaturated/α-hetero) is 1. The number of hydrogen-bond donors (Lipinski definition) is 0. The Bertz CT molecular complexity index is 1030. The first-order valence-electron chi connectivity index (χ1n) is 8.36. The van der Waals surface area contributed by atoms with E-state index in [2.05, 4.69) is 0 Å². The number of ether oxygens (including phenoxy) is 2. The third-order valence-corrected chi connectivity index (χ3v) is 4.77. The van der Waals surface area contributed by atoms with Crippen LogP contribution in [0, 0.1) is 17.1 Å². The van der Waals surface area contributed by atoms with E-state index in [4.69, 9.17) is 9.47 Å². The molecule has 0 aliphatic carbocycles. The molecule has 0 spiro atoms. The molecule has 0 unspecified atom stereocenters. The zero-order valence-electron chi connectivity index (χ0n) is 15.0. The molecule has 6 heteroatoms. The fourth-order valence-corrected chi connectivity index (χ4v) is 3.12. The van der Waals surface area contributed by atoms with Crippen LogP contribution in [0.3, 0.4) is 0 Å². The van der Waals surface area contributed by atoms with Crippen molar-refractivity contribution in [2.24, 2.45) is 0 Å². The van der Waals surface area contributed by atoms with E-state index >= 15 is 0 Å². The highest BCUT2D eigenvalue weighted by molar-refractivity contribution is 7.09. The van der Waals surface area contributed by atoms with Gasteiger partial charge in [-0.05, 0) is 59.5 Å². The van der Waals surface area contributed by atoms with Gasteiger partial charge >= 0.3 is 0 Å². The Hall–Kier alpha value is -3.43. The zero-order valence-corrected chi connectivity index (χ0v) is 15.8. The van der Waals surface area contributed by atoms with Crippen molar-refractivity contribution in [2.45, 2.75) is 6.61 Å². The maximum Gasteiger partial charge on any atom is 0.203 e. The van der Waals surface area contributed by atoms with Crippen LogP contribution in [0.15, 0.2) is 65.6 Å². The Morgan fingerprint density at radius 2 is 1.96 bits per heavy atom. The maximum atomic E-state index is 13.0. The van der Waals surface area contributed by atoms with E-state index in [0.29, 0.717) is 23.7 Å². The molecule has 0 bridgehead atoms. The summed E-state index contributed by atoms with van der Waals surface area (Å²) in [5, 5.41) is 11.4. The Morgan fingerprint density at radius 3 is 2.61 bits per heavy atom. The fourth-order valence-electron chi connectivity index (χ4n) is 2.51. The Labute approximate surface area is 166 Å². The van der Waals surface area contributed by atoms with Crippen LogP contribution in [0.25, 0.3) is 6.08 Å². The van der Waals surface area contributed by atoms with E-state index in [-0.39, 0.29) is 11.1 Å². The molecule has 3 rings (SSSR count). The summed E-state index contributed by atoms with van der Waals surface area (Å²) in [7, 11) is 1.52. The SMILES string of the molecule is COc1cc(/C=C(\C#N)C(=O)c2ccc(F)cc2)ccc1OCc1cccs1. The van der Waals surface area contributed by atoms with Crippen molar-refractivity contribution in [3.8, 4) is 17.6 Å². The summed E-state index contributed by atoms with van der Waals surface area (Å²) in [5.41, 5.74) is 0.810. The van der Waals surface area contributed by atoms with Crippen LogP contribution >= 0.6 is 11.3 Å². The molecular weight excluding hydrogens is 377 g/mol. The number of allylic oxidation sites excluding steroid dienone is 1. The van der Waals surface area contributed by atoms with Crippen LogP contribution in [-0.4, -0.2) is 12.9 Å². The van der Waals surface area contributed by atoms with Crippen molar-refractivity contribution in [3.05, 3.63) is 87.4 Å². The van der Waals surface area contributed by atoms with Gasteiger partial charge in [-0.2, -0.15) is 5.26 Å². The summed E-state index contributed by atoms with van der Waals surface area (Å²) in [6, 6.07) is 16.1. The summed E-state index contributed by atoms with van der Waals surface area (Å²) >= 11 is 1.60. The molecule has 0 atom stereocenters. The Balaban J connectivity index is 1.82. The monoisotopic (exact) mass is 393 g/mol. The van der Waals surface area contributed by atoms with Gasteiger partial charge < -0.3 is 9.47 Å². The number of methoxy groups -OCH3 is 1. The standard InChI is InChI=1S/C22H16FNO3S/c1-26-21-12-15(4-9-20(21)27-14-19-3-2-10-28-19)11-17(13-24)22(25)16-5-7-18(23)8-6-16/h2-12H,14H2,1H3/b17-11+. The van der Waals surface area contributed by atoms with E-state index < -0.39 is 11.6 Å². The number of benzene rings is 2. The lowest BCUT2D eigenvalue weighted by molar-refractivity contribution is 0.104. The molecule has 0 radical (unpaired) electrons. The number of ketones is 1. The van der Waals surface area contributed by atoms with Gasteiger partial charge in [0.05, 0.1) is 7.11 Å². The van der Waals surface area contributed by atoms with Crippen molar-refractivity contribution < 1.29 is 18.7 Å². The molecule has 0 saturated carbocycles. The van der Waals surface area contributed by atoms with Crippen LogP contribution in [-0.2, 0) is 6.61 Å². The van der Waals surface area contributed by atoms with Crippen molar-refractivity contribution in [2.75, 3.05) is 7.11 Å². The van der Waals surface area contributed by atoms with E-state index in [1.807, 2.05) is 23.6 Å². The number of nitrogens with zero attached hydrogens (tertiary/aromatic N) is 1. The van der Waals surface area contributed by atoms with Gasteiger partial charge in [-0.3, -0.25) is 4.79 Å². The Kier molecular flexibility index (Phi) is 6.20. The highest BCUT2D eigenvalue weighted by Crippen LogP contribution is 2.30. The van der Waals surface area contributed by atoms with Crippen LogP contribution in [0.4, 0.5) is 4.39 Å². The molecule has 0 amide bonds. The molecule has 0 fully saturated rings. The fraction of sp³-hybridized carbons (Fsp3) is 0.0909. The van der Waals surface area contributed by atoms with Gasteiger partial charge in [-0.15, -0.1) is 11.3 Å². The first kappa shape index (κ1) is 19.3. The number of thiophene rings is 1. The first-order valence-corrected chi connectivity index (χ1v) is 9.24. The topological polar surface area (TPSA) is 59.3 Å². The lowest BCUT2D eigenvalue weighted by atomic mass is 10.0. The number of rotatable bonds is 7. The van der Waals surface area contributed by atoms with Crippen LogP contribution < -0.4 is 9.47 Å². The first-order chi connectivity index (χ1) is 13.6. The van der Waals surface area contributed by atoms with Crippen molar-refractivity contribution in [3.63, 3.8) is 0 Å². The molecule has 0 N–H and O–H groups in total. The summed E-state index contributed by atoms with van der Waals surface area (Å²) in [5.74, 6) is 0.148. The number of carbonyl (C=O) groups is 1. The van der Waals surface area contributed by atoms with Crippen LogP contribution in [0.5, 0.6) is 11.5 Å². The van der Waals surface area contributed by atoms with Gasteiger partial charge in [0.15, 0.2) is 11.5 Å². The quantitative estimate of drug-likeness (QED) is 0.312.